The fraction of sp³-hybridized carbons (Fsp3) is 0.500. The molecule has 1 N–H and O–H groups in total. The summed E-state index contributed by atoms with van der Waals surface area (Å²) in [6.45, 7) is 1.86. The lowest BCUT2D eigenvalue weighted by molar-refractivity contribution is -0.384. The number of halogens is 1. The summed E-state index contributed by atoms with van der Waals surface area (Å²) in [4.78, 5) is 12.6. The molecule has 1 aromatic carbocycles. The SMILES string of the molecule is CN(CCNc1ccc([N+](=O)[O-])cc1I)C1CC1. The number of benzene rings is 1. The zero-order valence-corrected chi connectivity index (χ0v) is 12.4. The summed E-state index contributed by atoms with van der Waals surface area (Å²) in [5.41, 5.74) is 1.10. The molecule has 0 aliphatic heterocycles. The molecular formula is C12H16IN3O2. The molecule has 0 bridgehead atoms. The van der Waals surface area contributed by atoms with Crippen LogP contribution in [0.1, 0.15) is 12.8 Å². The molecule has 0 unspecified atom stereocenters. The highest BCUT2D eigenvalue weighted by Gasteiger charge is 2.25. The number of likely N-dealkylation sites (N-methyl/N-ethyl adjacent to an activating group) is 1. The van der Waals surface area contributed by atoms with Crippen LogP contribution in [0.15, 0.2) is 18.2 Å². The molecule has 0 radical (unpaired) electrons. The Morgan fingerprint density at radius 1 is 1.56 bits per heavy atom. The van der Waals surface area contributed by atoms with Crippen molar-refractivity contribution in [2.75, 3.05) is 25.5 Å². The number of hydrogen-bond donors (Lipinski definition) is 1. The molecule has 0 atom stereocenters. The van der Waals surface area contributed by atoms with Crippen LogP contribution in [-0.2, 0) is 0 Å². The number of anilines is 1. The first-order valence-electron chi connectivity index (χ1n) is 5.96. The third-order valence-electron chi connectivity index (χ3n) is 3.11. The van der Waals surface area contributed by atoms with E-state index in [1.165, 1.54) is 18.9 Å². The van der Waals surface area contributed by atoms with E-state index in [-0.39, 0.29) is 10.6 Å². The lowest BCUT2D eigenvalue weighted by Crippen LogP contribution is -2.27. The first kappa shape index (κ1) is 13.5. The fourth-order valence-corrected chi connectivity index (χ4v) is 2.52. The second kappa shape index (κ2) is 5.83. The minimum Gasteiger partial charge on any atom is -0.383 e. The summed E-state index contributed by atoms with van der Waals surface area (Å²) in [5, 5.41) is 13.9. The molecule has 6 heteroatoms. The van der Waals surface area contributed by atoms with Crippen LogP contribution in [0, 0.1) is 13.7 Å². The van der Waals surface area contributed by atoms with Gasteiger partial charge >= 0.3 is 0 Å². The van der Waals surface area contributed by atoms with E-state index in [1.807, 2.05) is 0 Å². The molecule has 18 heavy (non-hydrogen) atoms. The molecule has 0 saturated heterocycles. The number of nitrogens with one attached hydrogen (secondary N) is 1. The maximum atomic E-state index is 10.6. The van der Waals surface area contributed by atoms with Crippen LogP contribution in [0.3, 0.4) is 0 Å². The van der Waals surface area contributed by atoms with E-state index >= 15 is 0 Å². The molecule has 1 aromatic rings. The van der Waals surface area contributed by atoms with Gasteiger partial charge < -0.3 is 10.2 Å². The highest BCUT2D eigenvalue weighted by Crippen LogP contribution is 2.25. The van der Waals surface area contributed by atoms with Gasteiger partial charge in [0.25, 0.3) is 5.69 Å². The van der Waals surface area contributed by atoms with Crippen LogP contribution in [0.4, 0.5) is 11.4 Å². The molecule has 0 amide bonds. The van der Waals surface area contributed by atoms with Crippen LogP contribution < -0.4 is 5.32 Å². The molecule has 98 valence electrons. The zero-order chi connectivity index (χ0) is 13.1. The highest BCUT2D eigenvalue weighted by atomic mass is 127. The lowest BCUT2D eigenvalue weighted by atomic mass is 10.3. The predicted molar refractivity (Wildman–Crippen MR) is 80.0 cm³/mol. The van der Waals surface area contributed by atoms with Crippen LogP contribution in [0.5, 0.6) is 0 Å². The molecule has 5 nitrogen and oxygen atoms in total. The van der Waals surface area contributed by atoms with Gasteiger partial charge in [-0.05, 0) is 48.5 Å². The maximum absolute atomic E-state index is 10.6. The van der Waals surface area contributed by atoms with Gasteiger partial charge in [0.2, 0.25) is 0 Å². The smallest absolute Gasteiger partial charge is 0.270 e. The average Bonchev–Trinajstić information content (AvgIpc) is 3.14. The molecular weight excluding hydrogens is 345 g/mol. The minimum absolute atomic E-state index is 0.139. The molecule has 1 aliphatic carbocycles. The number of rotatable bonds is 6. The molecule has 1 aliphatic rings. The zero-order valence-electron chi connectivity index (χ0n) is 10.2. The summed E-state index contributed by atoms with van der Waals surface area (Å²) in [5.74, 6) is 0. The molecule has 2 rings (SSSR count). The van der Waals surface area contributed by atoms with E-state index in [4.69, 9.17) is 0 Å². The van der Waals surface area contributed by atoms with Crippen molar-refractivity contribution in [3.05, 3.63) is 31.9 Å². The third-order valence-corrected chi connectivity index (χ3v) is 4.01. The Balaban J connectivity index is 1.86. The largest absolute Gasteiger partial charge is 0.383 e. The summed E-state index contributed by atoms with van der Waals surface area (Å²) >= 11 is 2.12. The van der Waals surface area contributed by atoms with Crippen molar-refractivity contribution in [2.45, 2.75) is 18.9 Å². The normalized spacial score (nSPS) is 14.8. The van der Waals surface area contributed by atoms with Crippen molar-refractivity contribution >= 4 is 34.0 Å². The Kier molecular flexibility index (Phi) is 4.39. The van der Waals surface area contributed by atoms with Gasteiger partial charge in [-0.3, -0.25) is 10.1 Å². The monoisotopic (exact) mass is 361 g/mol. The van der Waals surface area contributed by atoms with Gasteiger partial charge in [-0.15, -0.1) is 0 Å². The van der Waals surface area contributed by atoms with E-state index < -0.39 is 0 Å². The van der Waals surface area contributed by atoms with Crippen molar-refractivity contribution in [2.24, 2.45) is 0 Å². The number of non-ortho nitro benzene ring substituents is 1. The van der Waals surface area contributed by atoms with E-state index in [0.717, 1.165) is 28.4 Å². The number of nitro groups is 1. The number of nitro benzene ring substituents is 1. The van der Waals surface area contributed by atoms with Crippen molar-refractivity contribution in [1.29, 1.82) is 0 Å². The Labute approximate surface area is 120 Å². The summed E-state index contributed by atoms with van der Waals surface area (Å²) in [6.07, 6.45) is 2.62. The van der Waals surface area contributed by atoms with Gasteiger partial charge in [0, 0.05) is 40.5 Å². The summed E-state index contributed by atoms with van der Waals surface area (Å²) < 4.78 is 0.885. The third kappa shape index (κ3) is 3.55. The van der Waals surface area contributed by atoms with E-state index in [9.17, 15) is 10.1 Å². The Bertz CT molecular complexity index is 449. The van der Waals surface area contributed by atoms with Gasteiger partial charge in [-0.1, -0.05) is 0 Å². The second-order valence-corrected chi connectivity index (χ2v) is 5.72. The van der Waals surface area contributed by atoms with E-state index in [2.05, 4.69) is 39.9 Å². The quantitative estimate of drug-likeness (QED) is 0.481. The van der Waals surface area contributed by atoms with Crippen molar-refractivity contribution in [3.63, 3.8) is 0 Å². The average molecular weight is 361 g/mol. The number of nitrogens with zero attached hydrogens (tertiary/aromatic N) is 2. The van der Waals surface area contributed by atoms with Crippen molar-refractivity contribution in [1.82, 2.24) is 4.90 Å². The maximum Gasteiger partial charge on any atom is 0.270 e. The first-order valence-corrected chi connectivity index (χ1v) is 7.04. The lowest BCUT2D eigenvalue weighted by Gasteiger charge is -2.16. The Morgan fingerprint density at radius 3 is 2.83 bits per heavy atom. The van der Waals surface area contributed by atoms with E-state index in [1.54, 1.807) is 12.1 Å². The Morgan fingerprint density at radius 2 is 2.28 bits per heavy atom. The molecule has 1 saturated carbocycles. The van der Waals surface area contributed by atoms with Crippen molar-refractivity contribution < 1.29 is 4.92 Å². The van der Waals surface area contributed by atoms with Gasteiger partial charge in [-0.25, -0.2) is 0 Å². The Hall–Kier alpha value is -0.890. The van der Waals surface area contributed by atoms with E-state index in [0.29, 0.717) is 0 Å². The van der Waals surface area contributed by atoms with Crippen LogP contribution >= 0.6 is 22.6 Å². The van der Waals surface area contributed by atoms with Gasteiger partial charge in [-0.2, -0.15) is 0 Å². The van der Waals surface area contributed by atoms with Gasteiger partial charge in [0.05, 0.1) is 4.92 Å². The second-order valence-electron chi connectivity index (χ2n) is 4.56. The number of hydrogen-bond acceptors (Lipinski definition) is 4. The van der Waals surface area contributed by atoms with Crippen LogP contribution in [0.25, 0.3) is 0 Å². The summed E-state index contributed by atoms with van der Waals surface area (Å²) in [7, 11) is 2.14. The highest BCUT2D eigenvalue weighted by molar-refractivity contribution is 14.1. The summed E-state index contributed by atoms with van der Waals surface area (Å²) in [6, 6.07) is 5.67. The molecule has 0 aromatic heterocycles. The molecule has 0 spiro atoms. The molecule has 0 heterocycles. The first-order chi connectivity index (χ1) is 8.58. The van der Waals surface area contributed by atoms with Crippen molar-refractivity contribution in [3.8, 4) is 0 Å². The van der Waals surface area contributed by atoms with Crippen LogP contribution in [0.2, 0.25) is 0 Å². The fourth-order valence-electron chi connectivity index (χ4n) is 1.83. The minimum atomic E-state index is -0.368. The van der Waals surface area contributed by atoms with Gasteiger partial charge in [0.1, 0.15) is 0 Å². The molecule has 1 fully saturated rings. The standard InChI is InChI=1S/C12H16IN3O2/c1-15(9-2-3-9)7-6-14-12-5-4-10(16(17)18)8-11(12)13/h4-5,8-9,14H,2-3,6-7H2,1H3. The van der Waals surface area contributed by atoms with Crippen LogP contribution in [-0.4, -0.2) is 36.0 Å². The topological polar surface area (TPSA) is 58.4 Å². The predicted octanol–water partition coefficient (Wildman–Crippen LogP) is 2.71. The van der Waals surface area contributed by atoms with Gasteiger partial charge in [0.15, 0.2) is 0 Å².